The Hall–Kier alpha value is -0.690. The molecule has 1 aromatic carbocycles. The van der Waals surface area contributed by atoms with Crippen molar-refractivity contribution in [2.45, 2.75) is 71.6 Å². The van der Waals surface area contributed by atoms with Crippen LogP contribution in [0.3, 0.4) is 0 Å². The van der Waals surface area contributed by atoms with Crippen molar-refractivity contribution in [3.63, 3.8) is 0 Å². The molecule has 1 aromatic rings. The van der Waals surface area contributed by atoms with Gasteiger partial charge in [-0.05, 0) is 41.7 Å². The Labute approximate surface area is 136 Å². The second kappa shape index (κ2) is 7.54. The van der Waals surface area contributed by atoms with E-state index in [4.69, 9.17) is 16.3 Å². The van der Waals surface area contributed by atoms with Gasteiger partial charge in [-0.15, -0.1) is 11.6 Å². The Morgan fingerprint density at radius 3 is 2.14 bits per heavy atom. The van der Waals surface area contributed by atoms with E-state index in [1.54, 1.807) is 0 Å². The maximum absolute atomic E-state index is 5.98. The van der Waals surface area contributed by atoms with Crippen molar-refractivity contribution in [1.29, 1.82) is 0 Å². The molecule has 0 aliphatic carbocycles. The molecule has 0 amide bonds. The normalized spacial score (nSPS) is 12.5. The highest BCUT2D eigenvalue weighted by Gasteiger charge is 2.26. The largest absolute Gasteiger partial charge is 0.493 e. The van der Waals surface area contributed by atoms with Crippen LogP contribution >= 0.6 is 11.6 Å². The van der Waals surface area contributed by atoms with Gasteiger partial charge in [-0.2, -0.15) is 0 Å². The molecule has 0 bridgehead atoms. The molecule has 0 N–H and O–H groups in total. The quantitative estimate of drug-likeness (QED) is 0.418. The molecule has 0 fully saturated rings. The van der Waals surface area contributed by atoms with Gasteiger partial charge in [0.2, 0.25) is 0 Å². The molecule has 0 radical (unpaired) electrons. The standard InChI is InChI=1S/C19H31ClO/c1-7-18(3,4)15-10-11-17(21-13-9-12-20)16(14-15)19(5,6)8-2/h10-11,14H,7-9,12-13H2,1-6H3. The summed E-state index contributed by atoms with van der Waals surface area (Å²) in [6.45, 7) is 14.4. The first-order valence-electron chi connectivity index (χ1n) is 8.12. The average molecular weight is 311 g/mol. The maximum atomic E-state index is 5.98. The number of ether oxygens (including phenoxy) is 1. The highest BCUT2D eigenvalue weighted by Crippen LogP contribution is 2.38. The van der Waals surface area contributed by atoms with Crippen LogP contribution in [0.25, 0.3) is 0 Å². The van der Waals surface area contributed by atoms with Crippen molar-refractivity contribution >= 4 is 11.6 Å². The predicted octanol–water partition coefficient (Wildman–Crippen LogP) is 6.07. The van der Waals surface area contributed by atoms with Gasteiger partial charge in [0, 0.05) is 11.4 Å². The van der Waals surface area contributed by atoms with Gasteiger partial charge in [-0.25, -0.2) is 0 Å². The first-order chi connectivity index (χ1) is 9.78. The second-order valence-electron chi connectivity index (χ2n) is 7.08. The Kier molecular flexibility index (Phi) is 6.59. The molecule has 0 aromatic heterocycles. The lowest BCUT2D eigenvalue weighted by atomic mass is 9.76. The minimum atomic E-state index is 0.121. The molecule has 120 valence electrons. The molecular formula is C19H31ClO. The Bertz CT molecular complexity index is 449. The molecule has 0 aliphatic rings. The zero-order valence-corrected chi connectivity index (χ0v) is 15.3. The lowest BCUT2D eigenvalue weighted by molar-refractivity contribution is 0.306. The van der Waals surface area contributed by atoms with Crippen molar-refractivity contribution in [2.24, 2.45) is 0 Å². The third-order valence-corrected chi connectivity index (χ3v) is 5.06. The van der Waals surface area contributed by atoms with Gasteiger partial charge in [0.05, 0.1) is 6.61 Å². The van der Waals surface area contributed by atoms with Gasteiger partial charge >= 0.3 is 0 Å². The molecule has 0 unspecified atom stereocenters. The summed E-state index contributed by atoms with van der Waals surface area (Å²) in [4.78, 5) is 0. The maximum Gasteiger partial charge on any atom is 0.123 e. The smallest absolute Gasteiger partial charge is 0.123 e. The van der Waals surface area contributed by atoms with E-state index >= 15 is 0 Å². The third-order valence-electron chi connectivity index (χ3n) is 4.79. The highest BCUT2D eigenvalue weighted by molar-refractivity contribution is 6.17. The van der Waals surface area contributed by atoms with E-state index in [0.29, 0.717) is 12.5 Å². The fourth-order valence-electron chi connectivity index (χ4n) is 2.24. The predicted molar refractivity (Wildman–Crippen MR) is 93.9 cm³/mol. The monoisotopic (exact) mass is 310 g/mol. The Balaban J connectivity index is 3.20. The second-order valence-corrected chi connectivity index (χ2v) is 7.45. The Morgan fingerprint density at radius 1 is 1.00 bits per heavy atom. The minimum absolute atomic E-state index is 0.121. The zero-order valence-electron chi connectivity index (χ0n) is 14.6. The summed E-state index contributed by atoms with van der Waals surface area (Å²) < 4.78 is 5.98. The van der Waals surface area contributed by atoms with Crippen LogP contribution in [-0.4, -0.2) is 12.5 Å². The van der Waals surface area contributed by atoms with Crippen molar-refractivity contribution < 1.29 is 4.74 Å². The summed E-state index contributed by atoms with van der Waals surface area (Å²) in [5, 5.41) is 0. The summed E-state index contributed by atoms with van der Waals surface area (Å²) in [5.74, 6) is 1.66. The molecule has 0 aliphatic heterocycles. The fraction of sp³-hybridized carbons (Fsp3) is 0.684. The first kappa shape index (κ1) is 18.4. The molecule has 0 spiro atoms. The zero-order chi connectivity index (χ0) is 16.1. The molecule has 2 heteroatoms. The number of hydrogen-bond acceptors (Lipinski definition) is 1. The molecule has 0 atom stereocenters. The summed E-state index contributed by atoms with van der Waals surface area (Å²) in [6.07, 6.45) is 3.11. The fourth-order valence-corrected chi connectivity index (χ4v) is 2.35. The van der Waals surface area contributed by atoms with E-state index < -0.39 is 0 Å². The van der Waals surface area contributed by atoms with Gasteiger partial charge in [0.1, 0.15) is 5.75 Å². The minimum Gasteiger partial charge on any atom is -0.493 e. The Morgan fingerprint density at radius 2 is 1.62 bits per heavy atom. The molecule has 0 heterocycles. The molecule has 21 heavy (non-hydrogen) atoms. The van der Waals surface area contributed by atoms with Gasteiger partial charge in [-0.3, -0.25) is 0 Å². The van der Waals surface area contributed by atoms with E-state index in [0.717, 1.165) is 25.0 Å². The summed E-state index contributed by atoms with van der Waals surface area (Å²) >= 11 is 5.75. The first-order valence-corrected chi connectivity index (χ1v) is 8.65. The van der Waals surface area contributed by atoms with Crippen LogP contribution < -0.4 is 4.74 Å². The van der Waals surface area contributed by atoms with E-state index in [2.05, 4.69) is 59.7 Å². The van der Waals surface area contributed by atoms with Crippen molar-refractivity contribution in [1.82, 2.24) is 0 Å². The van der Waals surface area contributed by atoms with Crippen LogP contribution in [0.2, 0.25) is 0 Å². The summed E-state index contributed by atoms with van der Waals surface area (Å²) in [6, 6.07) is 6.71. The van der Waals surface area contributed by atoms with Gasteiger partial charge in [0.25, 0.3) is 0 Å². The summed E-state index contributed by atoms with van der Waals surface area (Å²) in [7, 11) is 0. The van der Waals surface area contributed by atoms with Crippen LogP contribution in [0, 0.1) is 0 Å². The van der Waals surface area contributed by atoms with E-state index in [1.165, 1.54) is 11.1 Å². The van der Waals surface area contributed by atoms with Crippen LogP contribution in [0.4, 0.5) is 0 Å². The van der Waals surface area contributed by atoms with Crippen molar-refractivity contribution in [3.8, 4) is 5.75 Å². The molecule has 1 nitrogen and oxygen atoms in total. The van der Waals surface area contributed by atoms with Crippen LogP contribution in [0.1, 0.15) is 71.9 Å². The lowest BCUT2D eigenvalue weighted by Gasteiger charge is -2.30. The van der Waals surface area contributed by atoms with Crippen LogP contribution in [0.15, 0.2) is 18.2 Å². The molecule has 0 saturated carbocycles. The number of rotatable bonds is 8. The molecule has 1 rings (SSSR count). The van der Waals surface area contributed by atoms with E-state index in [-0.39, 0.29) is 10.8 Å². The number of benzene rings is 1. The number of hydrogen-bond donors (Lipinski definition) is 0. The molecular weight excluding hydrogens is 280 g/mol. The van der Waals surface area contributed by atoms with E-state index in [1.807, 2.05) is 0 Å². The summed E-state index contributed by atoms with van der Waals surface area (Å²) in [5.41, 5.74) is 3.04. The van der Waals surface area contributed by atoms with Gasteiger partial charge < -0.3 is 4.74 Å². The average Bonchev–Trinajstić information content (AvgIpc) is 2.47. The van der Waals surface area contributed by atoms with Gasteiger partial charge in [-0.1, -0.05) is 53.7 Å². The van der Waals surface area contributed by atoms with Gasteiger partial charge in [0.15, 0.2) is 0 Å². The topological polar surface area (TPSA) is 9.23 Å². The third kappa shape index (κ3) is 4.64. The van der Waals surface area contributed by atoms with Crippen molar-refractivity contribution in [3.05, 3.63) is 29.3 Å². The SMILES string of the molecule is CCC(C)(C)c1ccc(OCCCCl)c(C(C)(C)CC)c1. The number of alkyl halides is 1. The van der Waals surface area contributed by atoms with E-state index in [9.17, 15) is 0 Å². The molecule has 0 saturated heterocycles. The van der Waals surface area contributed by atoms with Crippen LogP contribution in [0.5, 0.6) is 5.75 Å². The number of halogens is 1. The highest BCUT2D eigenvalue weighted by atomic mass is 35.5. The van der Waals surface area contributed by atoms with Crippen LogP contribution in [-0.2, 0) is 10.8 Å². The van der Waals surface area contributed by atoms with Crippen molar-refractivity contribution in [2.75, 3.05) is 12.5 Å². The lowest BCUT2D eigenvalue weighted by Crippen LogP contribution is -2.21.